The molecule has 5 amide bonds. The van der Waals surface area contributed by atoms with Gasteiger partial charge in [-0.25, -0.2) is 0 Å². The standard InChI is InChI=1S/C43H46ClN7O6/c1-42(2)40(43(3,4)41(42)57-30-11-7-27(21-45)33(44)20-30)47-36(53)26-5-8-28(9-6-26)49-17-15-48(16-18-49)22-25-23-50(24-25)29-10-12-31-32(19-29)39(56)51(38(31)55)34-13-14-35(52)46-37(34)54/h5-12,19-20,25,34,40-41H,13-18,22-24H2,1-4H3,(H,47,53)(H,46,52,54). The minimum Gasteiger partial charge on any atom is -0.489 e. The van der Waals surface area contributed by atoms with Crippen LogP contribution in [-0.4, -0.2) is 103 Å². The minimum absolute atomic E-state index is 0.0881. The van der Waals surface area contributed by atoms with E-state index in [1.165, 1.54) is 0 Å². The van der Waals surface area contributed by atoms with Crippen molar-refractivity contribution in [3.8, 4) is 11.8 Å². The largest absolute Gasteiger partial charge is 0.489 e. The molecular formula is C43H46ClN7O6. The highest BCUT2D eigenvalue weighted by Crippen LogP contribution is 2.55. The molecular weight excluding hydrogens is 746 g/mol. The van der Waals surface area contributed by atoms with Crippen molar-refractivity contribution in [1.82, 2.24) is 20.4 Å². The van der Waals surface area contributed by atoms with Crippen LogP contribution in [0.1, 0.15) is 77.2 Å². The maximum absolute atomic E-state index is 13.5. The zero-order valence-corrected chi connectivity index (χ0v) is 33.3. The molecule has 0 spiro atoms. The molecule has 1 atom stereocenters. The first kappa shape index (κ1) is 38.4. The number of halogens is 1. The van der Waals surface area contributed by atoms with Crippen LogP contribution in [0.2, 0.25) is 5.02 Å². The van der Waals surface area contributed by atoms with Crippen LogP contribution in [0.15, 0.2) is 60.7 Å². The second-order valence-corrected chi connectivity index (χ2v) is 17.5. The van der Waals surface area contributed by atoms with Crippen molar-refractivity contribution >= 4 is 52.5 Å². The van der Waals surface area contributed by atoms with E-state index < -0.39 is 29.7 Å². The summed E-state index contributed by atoms with van der Waals surface area (Å²) in [5.74, 6) is -1.05. The van der Waals surface area contributed by atoms with Crippen molar-refractivity contribution in [3.63, 3.8) is 0 Å². The lowest BCUT2D eigenvalue weighted by Gasteiger charge is -2.63. The van der Waals surface area contributed by atoms with E-state index in [4.69, 9.17) is 16.3 Å². The van der Waals surface area contributed by atoms with Gasteiger partial charge >= 0.3 is 0 Å². The molecule has 8 rings (SSSR count). The van der Waals surface area contributed by atoms with Crippen molar-refractivity contribution < 1.29 is 28.7 Å². The first-order valence-electron chi connectivity index (χ1n) is 19.5. The molecule has 3 aromatic rings. The summed E-state index contributed by atoms with van der Waals surface area (Å²) in [5, 5.41) is 15.1. The van der Waals surface area contributed by atoms with E-state index in [0.29, 0.717) is 33.4 Å². The Kier molecular flexibility index (Phi) is 9.77. The zero-order valence-electron chi connectivity index (χ0n) is 32.5. The predicted molar refractivity (Wildman–Crippen MR) is 213 cm³/mol. The van der Waals surface area contributed by atoms with Gasteiger partial charge in [-0.1, -0.05) is 39.3 Å². The second kappa shape index (κ2) is 14.5. The summed E-state index contributed by atoms with van der Waals surface area (Å²) < 4.78 is 6.37. The molecule has 5 aliphatic rings. The highest BCUT2D eigenvalue weighted by Gasteiger charge is 2.64. The number of benzene rings is 3. The molecule has 3 saturated heterocycles. The SMILES string of the molecule is CC1(C)C(NC(=O)c2ccc(N3CCN(CC4CN(c5ccc6c(c5)C(=O)N(C5CCC(=O)NC5=O)C6=O)C4)CC3)cc2)C(C)(C)C1Oc1ccc(C#N)c(Cl)c1. The number of nitrogens with zero attached hydrogens (tertiary/aromatic N) is 5. The monoisotopic (exact) mass is 791 g/mol. The molecule has 14 heteroatoms. The van der Waals surface area contributed by atoms with Crippen LogP contribution in [0, 0.1) is 28.1 Å². The quantitative estimate of drug-likeness (QED) is 0.297. The van der Waals surface area contributed by atoms with Crippen molar-refractivity contribution in [2.24, 2.45) is 16.7 Å². The van der Waals surface area contributed by atoms with Crippen LogP contribution in [-0.2, 0) is 9.59 Å². The number of piperidine rings is 1. The van der Waals surface area contributed by atoms with E-state index in [2.05, 4.69) is 59.1 Å². The Morgan fingerprint density at radius 1 is 0.877 bits per heavy atom. The molecule has 4 fully saturated rings. The maximum Gasteiger partial charge on any atom is 0.262 e. The van der Waals surface area contributed by atoms with Crippen LogP contribution in [0.5, 0.6) is 5.75 Å². The second-order valence-electron chi connectivity index (χ2n) is 17.1. The number of nitrogens with one attached hydrogen (secondary N) is 2. The average Bonchev–Trinajstić information content (AvgIpc) is 3.42. The number of hydrogen-bond donors (Lipinski definition) is 2. The van der Waals surface area contributed by atoms with Gasteiger partial charge in [0.15, 0.2) is 0 Å². The van der Waals surface area contributed by atoms with Crippen molar-refractivity contribution in [2.75, 3.05) is 55.6 Å². The number of nitriles is 1. The molecule has 1 saturated carbocycles. The average molecular weight is 792 g/mol. The van der Waals surface area contributed by atoms with Gasteiger partial charge in [0.05, 0.1) is 21.7 Å². The first-order chi connectivity index (χ1) is 27.1. The molecule has 0 aromatic heterocycles. The lowest BCUT2D eigenvalue weighted by molar-refractivity contribution is -0.164. The van der Waals surface area contributed by atoms with Gasteiger partial charge in [-0.3, -0.25) is 39.1 Å². The summed E-state index contributed by atoms with van der Waals surface area (Å²) in [7, 11) is 0. The third kappa shape index (κ3) is 6.89. The van der Waals surface area contributed by atoms with E-state index in [0.717, 1.165) is 62.1 Å². The molecule has 4 heterocycles. The van der Waals surface area contributed by atoms with Gasteiger partial charge in [0.25, 0.3) is 17.7 Å². The topological polar surface area (TPSA) is 155 Å². The highest BCUT2D eigenvalue weighted by atomic mass is 35.5. The normalized spacial score (nSPS) is 24.3. The van der Waals surface area contributed by atoms with Gasteiger partial charge in [0.1, 0.15) is 24.0 Å². The third-order valence-corrected chi connectivity index (χ3v) is 12.9. The smallest absolute Gasteiger partial charge is 0.262 e. The van der Waals surface area contributed by atoms with Gasteiger partial charge in [-0.05, 0) is 61.0 Å². The fourth-order valence-electron chi connectivity index (χ4n) is 9.74. The summed E-state index contributed by atoms with van der Waals surface area (Å²) in [6.45, 7) is 14.6. The maximum atomic E-state index is 13.5. The Morgan fingerprint density at radius 2 is 1.54 bits per heavy atom. The molecule has 0 radical (unpaired) electrons. The number of carbonyl (C=O) groups excluding carboxylic acids is 5. The lowest BCUT2D eigenvalue weighted by Crippen LogP contribution is -2.74. The van der Waals surface area contributed by atoms with Crippen LogP contribution >= 0.6 is 11.6 Å². The van der Waals surface area contributed by atoms with E-state index in [1.807, 2.05) is 30.3 Å². The zero-order chi connectivity index (χ0) is 40.4. The van der Waals surface area contributed by atoms with Crippen LogP contribution in [0.25, 0.3) is 0 Å². The van der Waals surface area contributed by atoms with Crippen molar-refractivity contribution in [3.05, 3.63) is 87.9 Å². The Labute approximate surface area is 336 Å². The number of rotatable bonds is 9. The Morgan fingerprint density at radius 3 is 2.19 bits per heavy atom. The number of anilines is 2. The Balaban J connectivity index is 0.794. The van der Waals surface area contributed by atoms with E-state index >= 15 is 0 Å². The molecule has 2 N–H and O–H groups in total. The molecule has 57 heavy (non-hydrogen) atoms. The summed E-state index contributed by atoms with van der Waals surface area (Å²) in [4.78, 5) is 71.9. The van der Waals surface area contributed by atoms with Gasteiger partial charge in [-0.15, -0.1) is 0 Å². The summed E-state index contributed by atoms with van der Waals surface area (Å²) in [6.07, 6.45) is 0.0351. The van der Waals surface area contributed by atoms with Crippen LogP contribution in [0.3, 0.4) is 0 Å². The predicted octanol–water partition coefficient (Wildman–Crippen LogP) is 4.48. The molecule has 13 nitrogen and oxygen atoms in total. The summed E-state index contributed by atoms with van der Waals surface area (Å²) in [5.41, 5.74) is 2.84. The van der Waals surface area contributed by atoms with Gasteiger partial charge in [-0.2, -0.15) is 5.26 Å². The molecule has 1 unspecified atom stereocenters. The summed E-state index contributed by atoms with van der Waals surface area (Å²) in [6, 6.07) is 19.1. The van der Waals surface area contributed by atoms with Crippen molar-refractivity contribution in [1.29, 1.82) is 5.26 Å². The van der Waals surface area contributed by atoms with E-state index in [1.54, 1.807) is 30.3 Å². The molecule has 0 bridgehead atoms. The Hall–Kier alpha value is -5.45. The van der Waals surface area contributed by atoms with Gasteiger partial charge in [0, 0.05) is 98.0 Å². The van der Waals surface area contributed by atoms with E-state index in [9.17, 15) is 29.2 Å². The molecule has 296 valence electrons. The minimum atomic E-state index is -0.976. The van der Waals surface area contributed by atoms with Crippen LogP contribution < -0.4 is 25.2 Å². The molecule has 3 aromatic carbocycles. The molecule has 1 aliphatic carbocycles. The number of piperazine rings is 1. The van der Waals surface area contributed by atoms with Crippen LogP contribution in [0.4, 0.5) is 11.4 Å². The number of ether oxygens (including phenoxy) is 1. The third-order valence-electron chi connectivity index (χ3n) is 12.6. The first-order valence-corrected chi connectivity index (χ1v) is 19.9. The fourth-order valence-corrected chi connectivity index (χ4v) is 9.95. The molecule has 4 aliphatic heterocycles. The lowest BCUT2D eigenvalue weighted by atomic mass is 9.49. The fraction of sp³-hybridized carbons (Fsp3) is 0.442. The summed E-state index contributed by atoms with van der Waals surface area (Å²) >= 11 is 6.24. The highest BCUT2D eigenvalue weighted by molar-refractivity contribution is 6.31. The van der Waals surface area contributed by atoms with Gasteiger partial charge in [0.2, 0.25) is 11.8 Å². The van der Waals surface area contributed by atoms with Gasteiger partial charge < -0.3 is 19.9 Å². The Bertz CT molecular complexity index is 2190. The number of imide groups is 2. The number of hydrogen-bond acceptors (Lipinski definition) is 10. The number of fused-ring (bicyclic) bond motifs is 1. The number of carbonyl (C=O) groups is 5. The van der Waals surface area contributed by atoms with Crippen molar-refractivity contribution in [2.45, 2.75) is 58.7 Å². The number of amides is 5. The van der Waals surface area contributed by atoms with E-state index in [-0.39, 0.29) is 47.3 Å².